The number of aldehydes is 1. The number of amides is 1. The van der Waals surface area contributed by atoms with Crippen LogP contribution in [-0.4, -0.2) is 18.7 Å². The average molecular weight is 141 g/mol. The SMILES string of the molecule is C=C(C)C(=O)NCCC=O. The van der Waals surface area contributed by atoms with Crippen LogP contribution in [0.5, 0.6) is 0 Å². The van der Waals surface area contributed by atoms with Crippen LogP contribution in [0, 0.1) is 0 Å². The van der Waals surface area contributed by atoms with Crippen LogP contribution >= 0.6 is 0 Å². The Kier molecular flexibility index (Phi) is 4.20. The summed E-state index contributed by atoms with van der Waals surface area (Å²) in [7, 11) is 0. The van der Waals surface area contributed by atoms with Gasteiger partial charge in [-0.2, -0.15) is 0 Å². The average Bonchev–Trinajstić information content (AvgIpc) is 1.88. The van der Waals surface area contributed by atoms with E-state index >= 15 is 0 Å². The lowest BCUT2D eigenvalue weighted by molar-refractivity contribution is -0.117. The number of carbonyl (C=O) groups excluding carboxylic acids is 2. The molecule has 0 aliphatic carbocycles. The van der Waals surface area contributed by atoms with Crippen LogP contribution in [0.2, 0.25) is 0 Å². The van der Waals surface area contributed by atoms with Gasteiger partial charge in [0, 0.05) is 18.5 Å². The third-order valence-electron chi connectivity index (χ3n) is 0.935. The normalized spacial score (nSPS) is 8.50. The molecule has 0 aromatic rings. The Morgan fingerprint density at radius 3 is 2.70 bits per heavy atom. The molecule has 0 rings (SSSR count). The van der Waals surface area contributed by atoms with E-state index in [9.17, 15) is 9.59 Å². The van der Waals surface area contributed by atoms with Gasteiger partial charge in [0.05, 0.1) is 0 Å². The van der Waals surface area contributed by atoms with E-state index in [2.05, 4.69) is 11.9 Å². The van der Waals surface area contributed by atoms with Gasteiger partial charge in [-0.1, -0.05) is 6.58 Å². The standard InChI is InChI=1S/C7H11NO2/c1-6(2)7(10)8-4-3-5-9/h5H,1,3-4H2,2H3,(H,8,10). The first-order valence-electron chi connectivity index (χ1n) is 3.06. The quantitative estimate of drug-likeness (QED) is 0.347. The predicted octanol–water partition coefficient (Wildman–Crippen LogP) is 0.268. The molecule has 3 heteroatoms. The van der Waals surface area contributed by atoms with Crippen molar-refractivity contribution in [2.75, 3.05) is 6.54 Å². The molecular formula is C7H11NO2. The Labute approximate surface area is 60.1 Å². The van der Waals surface area contributed by atoms with Gasteiger partial charge in [0.25, 0.3) is 0 Å². The van der Waals surface area contributed by atoms with Gasteiger partial charge >= 0.3 is 0 Å². The van der Waals surface area contributed by atoms with E-state index < -0.39 is 0 Å². The van der Waals surface area contributed by atoms with E-state index in [4.69, 9.17) is 0 Å². The molecule has 0 aromatic heterocycles. The molecule has 56 valence electrons. The number of carbonyl (C=O) groups is 2. The molecule has 1 amide bonds. The molecule has 0 aromatic carbocycles. The van der Waals surface area contributed by atoms with E-state index in [1.807, 2.05) is 0 Å². The van der Waals surface area contributed by atoms with Crippen molar-refractivity contribution in [2.24, 2.45) is 0 Å². The van der Waals surface area contributed by atoms with Crippen molar-refractivity contribution in [3.8, 4) is 0 Å². The topological polar surface area (TPSA) is 46.2 Å². The van der Waals surface area contributed by atoms with Crippen LogP contribution in [0.3, 0.4) is 0 Å². The Hall–Kier alpha value is -1.12. The molecule has 0 spiro atoms. The third kappa shape index (κ3) is 3.83. The fraction of sp³-hybridized carbons (Fsp3) is 0.429. The monoisotopic (exact) mass is 141 g/mol. The van der Waals surface area contributed by atoms with Gasteiger partial charge in [0.2, 0.25) is 5.91 Å². The second-order valence-electron chi connectivity index (χ2n) is 1.99. The largest absolute Gasteiger partial charge is 0.352 e. The fourth-order valence-electron chi connectivity index (χ4n) is 0.396. The molecular weight excluding hydrogens is 130 g/mol. The van der Waals surface area contributed by atoms with Crippen LogP contribution in [0.1, 0.15) is 13.3 Å². The van der Waals surface area contributed by atoms with Crippen molar-refractivity contribution < 1.29 is 9.59 Å². The van der Waals surface area contributed by atoms with Crippen molar-refractivity contribution in [1.82, 2.24) is 5.32 Å². The molecule has 1 N–H and O–H groups in total. The van der Waals surface area contributed by atoms with Gasteiger partial charge in [-0.15, -0.1) is 0 Å². The minimum Gasteiger partial charge on any atom is -0.352 e. The van der Waals surface area contributed by atoms with E-state index in [1.165, 1.54) is 0 Å². The molecule has 0 saturated heterocycles. The molecule has 0 fully saturated rings. The summed E-state index contributed by atoms with van der Waals surface area (Å²) >= 11 is 0. The van der Waals surface area contributed by atoms with Crippen LogP contribution < -0.4 is 5.32 Å². The summed E-state index contributed by atoms with van der Waals surface area (Å²) in [6.45, 7) is 5.45. The summed E-state index contributed by atoms with van der Waals surface area (Å²) in [5, 5.41) is 2.51. The van der Waals surface area contributed by atoms with Gasteiger partial charge < -0.3 is 10.1 Å². The number of rotatable bonds is 4. The highest BCUT2D eigenvalue weighted by Gasteiger charge is 1.97. The summed E-state index contributed by atoms with van der Waals surface area (Å²) in [5.74, 6) is -0.193. The van der Waals surface area contributed by atoms with Crippen LogP contribution in [0.4, 0.5) is 0 Å². The van der Waals surface area contributed by atoms with E-state index in [1.54, 1.807) is 6.92 Å². The Morgan fingerprint density at radius 1 is 1.70 bits per heavy atom. The fourth-order valence-corrected chi connectivity index (χ4v) is 0.396. The maximum atomic E-state index is 10.7. The number of hydrogen-bond donors (Lipinski definition) is 1. The van der Waals surface area contributed by atoms with Gasteiger partial charge in [0.1, 0.15) is 6.29 Å². The smallest absolute Gasteiger partial charge is 0.246 e. The first-order chi connectivity index (χ1) is 4.68. The predicted molar refractivity (Wildman–Crippen MR) is 38.5 cm³/mol. The lowest BCUT2D eigenvalue weighted by atomic mass is 10.3. The van der Waals surface area contributed by atoms with Crippen molar-refractivity contribution in [1.29, 1.82) is 0 Å². The summed E-state index contributed by atoms with van der Waals surface area (Å²) < 4.78 is 0. The minimum absolute atomic E-state index is 0.193. The summed E-state index contributed by atoms with van der Waals surface area (Å²) in [6, 6.07) is 0. The molecule has 3 nitrogen and oxygen atoms in total. The molecule has 10 heavy (non-hydrogen) atoms. The van der Waals surface area contributed by atoms with Crippen LogP contribution in [-0.2, 0) is 9.59 Å². The molecule has 0 aliphatic rings. The van der Waals surface area contributed by atoms with Crippen molar-refractivity contribution in [2.45, 2.75) is 13.3 Å². The van der Waals surface area contributed by atoms with Crippen molar-refractivity contribution >= 4 is 12.2 Å². The molecule has 0 atom stereocenters. The second-order valence-corrected chi connectivity index (χ2v) is 1.99. The van der Waals surface area contributed by atoms with E-state index in [0.717, 1.165) is 6.29 Å². The molecule has 0 unspecified atom stereocenters. The van der Waals surface area contributed by atoms with E-state index in [-0.39, 0.29) is 5.91 Å². The Balaban J connectivity index is 3.40. The summed E-state index contributed by atoms with van der Waals surface area (Å²) in [6.07, 6.45) is 1.12. The molecule has 0 bridgehead atoms. The van der Waals surface area contributed by atoms with Gasteiger partial charge in [-0.25, -0.2) is 0 Å². The summed E-state index contributed by atoms with van der Waals surface area (Å²) in [5.41, 5.74) is 0.464. The molecule has 0 saturated carbocycles. The molecule has 0 aliphatic heterocycles. The van der Waals surface area contributed by atoms with Crippen LogP contribution in [0.15, 0.2) is 12.2 Å². The molecule has 0 radical (unpaired) electrons. The van der Waals surface area contributed by atoms with Crippen LogP contribution in [0.25, 0.3) is 0 Å². The lowest BCUT2D eigenvalue weighted by Gasteiger charge is -1.99. The maximum absolute atomic E-state index is 10.7. The van der Waals surface area contributed by atoms with Gasteiger partial charge in [-0.05, 0) is 6.92 Å². The maximum Gasteiger partial charge on any atom is 0.246 e. The summed E-state index contributed by atoms with van der Waals surface area (Å²) in [4.78, 5) is 20.5. The van der Waals surface area contributed by atoms with E-state index in [0.29, 0.717) is 18.5 Å². The Bertz CT molecular complexity index is 152. The molecule has 0 heterocycles. The highest BCUT2D eigenvalue weighted by molar-refractivity contribution is 5.92. The van der Waals surface area contributed by atoms with Gasteiger partial charge in [0.15, 0.2) is 0 Å². The first kappa shape index (κ1) is 8.88. The zero-order valence-corrected chi connectivity index (χ0v) is 6.02. The lowest BCUT2D eigenvalue weighted by Crippen LogP contribution is -2.24. The number of hydrogen-bond acceptors (Lipinski definition) is 2. The van der Waals surface area contributed by atoms with Crippen molar-refractivity contribution in [3.63, 3.8) is 0 Å². The zero-order chi connectivity index (χ0) is 7.98. The second kappa shape index (κ2) is 4.73. The van der Waals surface area contributed by atoms with Crippen molar-refractivity contribution in [3.05, 3.63) is 12.2 Å². The third-order valence-corrected chi connectivity index (χ3v) is 0.935. The highest BCUT2D eigenvalue weighted by Crippen LogP contribution is 1.84. The zero-order valence-electron chi connectivity index (χ0n) is 6.02. The first-order valence-corrected chi connectivity index (χ1v) is 3.06. The number of nitrogens with one attached hydrogen (secondary N) is 1. The highest BCUT2D eigenvalue weighted by atomic mass is 16.1. The Morgan fingerprint density at radius 2 is 2.30 bits per heavy atom. The minimum atomic E-state index is -0.193. The van der Waals surface area contributed by atoms with Gasteiger partial charge in [-0.3, -0.25) is 4.79 Å².